The Hall–Kier alpha value is -2.80. The van der Waals surface area contributed by atoms with E-state index < -0.39 is 5.97 Å². The van der Waals surface area contributed by atoms with Gasteiger partial charge in [0, 0.05) is 11.0 Å². The van der Waals surface area contributed by atoms with Gasteiger partial charge in [-0.2, -0.15) is 0 Å². The van der Waals surface area contributed by atoms with Gasteiger partial charge in [0.25, 0.3) is 0 Å². The zero-order valence-electron chi connectivity index (χ0n) is 15.6. The van der Waals surface area contributed by atoms with E-state index in [1.54, 1.807) is 6.08 Å². The molecule has 0 atom stereocenters. The Kier molecular flexibility index (Phi) is 5.34. The van der Waals surface area contributed by atoms with Gasteiger partial charge in [-0.05, 0) is 55.0 Å². The molecule has 0 fully saturated rings. The maximum atomic E-state index is 12.5. The van der Waals surface area contributed by atoms with Gasteiger partial charge in [0.1, 0.15) is 5.00 Å². The lowest BCUT2D eigenvalue weighted by Crippen LogP contribution is -2.12. The van der Waals surface area contributed by atoms with Crippen molar-refractivity contribution in [2.75, 3.05) is 19.2 Å². The zero-order chi connectivity index (χ0) is 19.5. The summed E-state index contributed by atoms with van der Waals surface area (Å²) in [6.07, 6.45) is 8.24. The fourth-order valence-corrected chi connectivity index (χ4v) is 4.77. The molecule has 28 heavy (non-hydrogen) atoms. The second kappa shape index (κ2) is 8.06. The van der Waals surface area contributed by atoms with Crippen LogP contribution in [0.4, 0.5) is 5.00 Å². The number of fused-ring (bicyclic) bond motifs is 2. The van der Waals surface area contributed by atoms with Gasteiger partial charge in [-0.25, -0.2) is 4.79 Å². The Morgan fingerprint density at radius 1 is 1.14 bits per heavy atom. The lowest BCUT2D eigenvalue weighted by atomic mass is 10.1. The molecule has 0 bridgehead atoms. The molecular weight excluding hydrogens is 378 g/mol. The second-order valence-corrected chi connectivity index (χ2v) is 7.80. The summed E-state index contributed by atoms with van der Waals surface area (Å²) in [6, 6.07) is 5.48. The highest BCUT2D eigenvalue weighted by Gasteiger charge is 2.25. The number of carbonyl (C=O) groups excluding carboxylic acids is 2. The molecule has 6 nitrogen and oxygen atoms in total. The molecule has 2 aliphatic rings. The van der Waals surface area contributed by atoms with Crippen LogP contribution in [-0.2, 0) is 22.4 Å². The number of methoxy groups -OCH3 is 1. The Labute approximate surface area is 167 Å². The summed E-state index contributed by atoms with van der Waals surface area (Å²) in [5.74, 6) is 0.676. The van der Waals surface area contributed by atoms with Crippen LogP contribution in [0.1, 0.15) is 45.6 Å². The molecule has 2 aromatic rings. The van der Waals surface area contributed by atoms with Crippen LogP contribution >= 0.6 is 11.3 Å². The number of carbonyl (C=O) groups is 2. The van der Waals surface area contributed by atoms with E-state index in [2.05, 4.69) is 5.32 Å². The van der Waals surface area contributed by atoms with Crippen LogP contribution in [0, 0.1) is 0 Å². The lowest BCUT2D eigenvalue weighted by molar-refractivity contribution is -0.111. The van der Waals surface area contributed by atoms with Crippen LogP contribution in [0.5, 0.6) is 11.5 Å². The highest BCUT2D eigenvalue weighted by molar-refractivity contribution is 7.17. The minimum atomic E-state index is -0.394. The maximum Gasteiger partial charge on any atom is 0.341 e. The molecule has 1 N–H and O–H groups in total. The molecule has 0 radical (unpaired) electrons. The van der Waals surface area contributed by atoms with E-state index >= 15 is 0 Å². The summed E-state index contributed by atoms with van der Waals surface area (Å²) in [7, 11) is 1.37. The maximum absolute atomic E-state index is 12.5. The van der Waals surface area contributed by atoms with E-state index in [9.17, 15) is 9.59 Å². The van der Waals surface area contributed by atoms with Gasteiger partial charge >= 0.3 is 5.97 Å². The average Bonchev–Trinajstić information content (AvgIpc) is 3.23. The van der Waals surface area contributed by atoms with Crippen molar-refractivity contribution in [1.29, 1.82) is 0 Å². The summed E-state index contributed by atoms with van der Waals surface area (Å²) >= 11 is 1.48. The first kappa shape index (κ1) is 18.6. The van der Waals surface area contributed by atoms with E-state index in [1.165, 1.54) is 29.4 Å². The van der Waals surface area contributed by atoms with Crippen molar-refractivity contribution in [3.05, 3.63) is 45.8 Å². The van der Waals surface area contributed by atoms with Crippen LogP contribution in [0.25, 0.3) is 6.08 Å². The Bertz CT molecular complexity index is 947. The molecule has 1 amide bonds. The predicted octanol–water partition coefficient (Wildman–Crippen LogP) is 4.18. The molecular formula is C21H21NO5S. The normalized spacial score (nSPS) is 15.2. The first-order valence-corrected chi connectivity index (χ1v) is 10.1. The van der Waals surface area contributed by atoms with Gasteiger partial charge in [0.05, 0.1) is 12.7 Å². The minimum absolute atomic E-state index is 0.211. The van der Waals surface area contributed by atoms with E-state index in [1.807, 2.05) is 18.2 Å². The van der Waals surface area contributed by atoms with Gasteiger partial charge < -0.3 is 19.5 Å². The zero-order valence-corrected chi connectivity index (χ0v) is 16.4. The molecule has 1 aromatic carbocycles. The smallest absolute Gasteiger partial charge is 0.341 e. The molecule has 0 saturated heterocycles. The number of thiophene rings is 1. The monoisotopic (exact) mass is 399 g/mol. The predicted molar refractivity (Wildman–Crippen MR) is 107 cm³/mol. The second-order valence-electron chi connectivity index (χ2n) is 6.70. The summed E-state index contributed by atoms with van der Waals surface area (Å²) < 4.78 is 15.6. The highest BCUT2D eigenvalue weighted by Crippen LogP contribution is 2.38. The van der Waals surface area contributed by atoms with Crippen LogP contribution in [-0.4, -0.2) is 25.8 Å². The average molecular weight is 399 g/mol. The quantitative estimate of drug-likeness (QED) is 0.474. The van der Waals surface area contributed by atoms with Crippen molar-refractivity contribution in [3.8, 4) is 11.5 Å². The standard InChI is InChI=1S/C21H21NO5S/c1-25-21(24)19-14-5-3-2-4-6-17(14)28-20(19)22-18(23)10-8-13-7-9-15-16(11-13)27-12-26-15/h7-11H,2-6,12H2,1H3,(H,22,23). The molecule has 1 aliphatic carbocycles. The van der Waals surface area contributed by atoms with Gasteiger partial charge in [-0.3, -0.25) is 4.79 Å². The molecule has 0 spiro atoms. The number of esters is 1. The van der Waals surface area contributed by atoms with Crippen LogP contribution in [0.2, 0.25) is 0 Å². The third kappa shape index (κ3) is 3.75. The van der Waals surface area contributed by atoms with E-state index in [0.717, 1.165) is 43.2 Å². The van der Waals surface area contributed by atoms with E-state index in [-0.39, 0.29) is 12.7 Å². The third-order valence-corrected chi connectivity index (χ3v) is 6.08. The molecule has 0 unspecified atom stereocenters. The Morgan fingerprint density at radius 3 is 2.82 bits per heavy atom. The Morgan fingerprint density at radius 2 is 1.96 bits per heavy atom. The van der Waals surface area contributed by atoms with E-state index in [0.29, 0.717) is 22.1 Å². The van der Waals surface area contributed by atoms with Crippen LogP contribution < -0.4 is 14.8 Å². The lowest BCUT2D eigenvalue weighted by Gasteiger charge is -2.06. The number of aryl methyl sites for hydroxylation is 1. The molecule has 1 aliphatic heterocycles. The summed E-state index contributed by atoms with van der Waals surface area (Å²) in [4.78, 5) is 26.0. The van der Waals surface area contributed by atoms with Crippen molar-refractivity contribution in [3.63, 3.8) is 0 Å². The summed E-state index contributed by atoms with van der Waals surface area (Å²) in [5.41, 5.74) is 2.37. The number of hydrogen-bond donors (Lipinski definition) is 1. The summed E-state index contributed by atoms with van der Waals surface area (Å²) in [5, 5.41) is 3.43. The fraction of sp³-hybridized carbons (Fsp3) is 0.333. The molecule has 2 heterocycles. The largest absolute Gasteiger partial charge is 0.465 e. The Balaban J connectivity index is 1.53. The van der Waals surface area contributed by atoms with Crippen molar-refractivity contribution >= 4 is 34.3 Å². The molecule has 146 valence electrons. The number of hydrogen-bond acceptors (Lipinski definition) is 6. The molecule has 7 heteroatoms. The highest BCUT2D eigenvalue weighted by atomic mass is 32.1. The van der Waals surface area contributed by atoms with Gasteiger partial charge in [0.2, 0.25) is 12.7 Å². The van der Waals surface area contributed by atoms with Gasteiger partial charge in [0.15, 0.2) is 11.5 Å². The van der Waals surface area contributed by atoms with Crippen molar-refractivity contribution in [2.24, 2.45) is 0 Å². The van der Waals surface area contributed by atoms with Crippen LogP contribution in [0.15, 0.2) is 24.3 Å². The number of ether oxygens (including phenoxy) is 3. The number of nitrogens with one attached hydrogen (secondary N) is 1. The first-order chi connectivity index (χ1) is 13.7. The van der Waals surface area contributed by atoms with Crippen molar-refractivity contribution < 1.29 is 23.8 Å². The molecule has 0 saturated carbocycles. The summed E-state index contributed by atoms with van der Waals surface area (Å²) in [6.45, 7) is 0.211. The topological polar surface area (TPSA) is 73.9 Å². The minimum Gasteiger partial charge on any atom is -0.465 e. The first-order valence-electron chi connectivity index (χ1n) is 9.27. The van der Waals surface area contributed by atoms with Crippen LogP contribution in [0.3, 0.4) is 0 Å². The van der Waals surface area contributed by atoms with E-state index in [4.69, 9.17) is 14.2 Å². The van der Waals surface area contributed by atoms with Gasteiger partial charge in [-0.15, -0.1) is 11.3 Å². The number of amides is 1. The fourth-order valence-electron chi connectivity index (χ4n) is 3.49. The molecule has 1 aromatic heterocycles. The number of rotatable bonds is 4. The third-order valence-electron chi connectivity index (χ3n) is 4.87. The van der Waals surface area contributed by atoms with Crippen molar-refractivity contribution in [2.45, 2.75) is 32.1 Å². The van der Waals surface area contributed by atoms with Gasteiger partial charge in [-0.1, -0.05) is 12.5 Å². The molecule has 4 rings (SSSR count). The number of benzene rings is 1. The SMILES string of the molecule is COC(=O)c1c(NC(=O)C=Cc2ccc3c(c2)OCO3)sc2c1CCCCC2. The van der Waals surface area contributed by atoms with Crippen molar-refractivity contribution in [1.82, 2.24) is 0 Å². The number of anilines is 1.